The maximum atomic E-state index is 10.8. The molecule has 0 aliphatic heterocycles. The summed E-state index contributed by atoms with van der Waals surface area (Å²) >= 11 is 5.89. The minimum absolute atomic E-state index is 0.392. The molecule has 1 unspecified atom stereocenters. The first kappa shape index (κ1) is 9.28. The zero-order chi connectivity index (χ0) is 9.03. The standard InChI is InChI=1S/C9H10ClNO/c10-8-3-1-4-9(8,7-12)5-2-6-11/h3,7H,1-2,4-5H2. The minimum Gasteiger partial charge on any atom is -0.302 e. The Hall–Kier alpha value is -0.810. The van der Waals surface area contributed by atoms with Crippen molar-refractivity contribution in [2.45, 2.75) is 25.7 Å². The lowest BCUT2D eigenvalue weighted by Crippen LogP contribution is -2.19. The van der Waals surface area contributed by atoms with Crippen LogP contribution in [0, 0.1) is 16.7 Å². The van der Waals surface area contributed by atoms with E-state index in [9.17, 15) is 4.79 Å². The van der Waals surface area contributed by atoms with E-state index in [1.807, 2.05) is 12.1 Å². The van der Waals surface area contributed by atoms with E-state index in [0.717, 1.165) is 19.1 Å². The third-order valence-electron chi connectivity index (χ3n) is 2.30. The molecule has 12 heavy (non-hydrogen) atoms. The number of nitriles is 1. The van der Waals surface area contributed by atoms with Crippen LogP contribution in [-0.4, -0.2) is 6.29 Å². The Kier molecular flexibility index (Phi) is 2.88. The highest BCUT2D eigenvalue weighted by atomic mass is 35.5. The predicted octanol–water partition coefficient (Wildman–Crippen LogP) is 2.39. The van der Waals surface area contributed by atoms with Gasteiger partial charge in [0.05, 0.1) is 11.5 Å². The van der Waals surface area contributed by atoms with Crippen LogP contribution in [-0.2, 0) is 4.79 Å². The second kappa shape index (κ2) is 3.73. The van der Waals surface area contributed by atoms with Gasteiger partial charge in [-0.2, -0.15) is 5.26 Å². The molecule has 0 heterocycles. The highest BCUT2D eigenvalue weighted by Crippen LogP contribution is 2.43. The molecule has 1 aliphatic rings. The highest BCUT2D eigenvalue weighted by molar-refractivity contribution is 6.31. The van der Waals surface area contributed by atoms with E-state index in [4.69, 9.17) is 16.9 Å². The number of rotatable bonds is 3. The monoisotopic (exact) mass is 183 g/mol. The molecule has 0 saturated heterocycles. The van der Waals surface area contributed by atoms with Gasteiger partial charge in [-0.05, 0) is 19.3 Å². The molecule has 0 aromatic carbocycles. The Morgan fingerprint density at radius 1 is 1.83 bits per heavy atom. The summed E-state index contributed by atoms with van der Waals surface area (Å²) < 4.78 is 0. The molecule has 3 heteroatoms. The smallest absolute Gasteiger partial charge is 0.131 e. The highest BCUT2D eigenvalue weighted by Gasteiger charge is 2.35. The summed E-state index contributed by atoms with van der Waals surface area (Å²) in [6, 6.07) is 2.03. The molecule has 0 N–H and O–H groups in total. The van der Waals surface area contributed by atoms with E-state index in [0.29, 0.717) is 17.9 Å². The average Bonchev–Trinajstić information content (AvgIpc) is 2.45. The molecule has 0 amide bonds. The van der Waals surface area contributed by atoms with Crippen molar-refractivity contribution in [2.75, 3.05) is 0 Å². The molecule has 0 aromatic heterocycles. The number of hydrogen-bond acceptors (Lipinski definition) is 2. The van der Waals surface area contributed by atoms with Gasteiger partial charge >= 0.3 is 0 Å². The number of nitrogens with zero attached hydrogens (tertiary/aromatic N) is 1. The van der Waals surface area contributed by atoms with E-state index in [1.165, 1.54) is 0 Å². The molecule has 0 radical (unpaired) electrons. The normalized spacial score (nSPS) is 27.8. The maximum absolute atomic E-state index is 10.8. The molecule has 1 aliphatic carbocycles. The van der Waals surface area contributed by atoms with Gasteiger partial charge < -0.3 is 4.79 Å². The van der Waals surface area contributed by atoms with Gasteiger partial charge in [-0.15, -0.1) is 0 Å². The van der Waals surface area contributed by atoms with Crippen LogP contribution >= 0.6 is 11.6 Å². The number of carbonyl (C=O) groups is 1. The quantitative estimate of drug-likeness (QED) is 0.631. The van der Waals surface area contributed by atoms with E-state index in [2.05, 4.69) is 0 Å². The summed E-state index contributed by atoms with van der Waals surface area (Å²) in [5, 5.41) is 9.01. The van der Waals surface area contributed by atoms with Gasteiger partial charge in [0.15, 0.2) is 0 Å². The summed E-state index contributed by atoms with van der Waals surface area (Å²) in [6.07, 6.45) is 5.31. The Labute approximate surface area is 76.8 Å². The van der Waals surface area contributed by atoms with Crippen LogP contribution in [0.15, 0.2) is 11.1 Å². The van der Waals surface area contributed by atoms with Crippen molar-refractivity contribution in [3.05, 3.63) is 11.1 Å². The topological polar surface area (TPSA) is 40.9 Å². The molecule has 0 fully saturated rings. The Morgan fingerprint density at radius 3 is 3.00 bits per heavy atom. The van der Waals surface area contributed by atoms with Crippen molar-refractivity contribution in [3.8, 4) is 6.07 Å². The SMILES string of the molecule is N#CCCC1(C=O)CCC=C1Cl. The number of halogens is 1. The van der Waals surface area contributed by atoms with E-state index in [-0.39, 0.29) is 0 Å². The molecule has 0 spiro atoms. The maximum Gasteiger partial charge on any atom is 0.131 e. The molecular formula is C9H10ClNO. The van der Waals surface area contributed by atoms with Crippen molar-refractivity contribution < 1.29 is 4.79 Å². The van der Waals surface area contributed by atoms with E-state index < -0.39 is 5.41 Å². The summed E-state index contributed by atoms with van der Waals surface area (Å²) in [5.41, 5.74) is -0.530. The van der Waals surface area contributed by atoms with Crippen molar-refractivity contribution >= 4 is 17.9 Å². The fourth-order valence-corrected chi connectivity index (χ4v) is 1.82. The minimum atomic E-state index is -0.530. The first-order chi connectivity index (χ1) is 5.75. The second-order valence-corrected chi connectivity index (χ2v) is 3.43. The summed E-state index contributed by atoms with van der Waals surface area (Å²) in [5.74, 6) is 0. The van der Waals surface area contributed by atoms with Crippen LogP contribution in [0.3, 0.4) is 0 Å². The second-order valence-electron chi connectivity index (χ2n) is 3.02. The van der Waals surface area contributed by atoms with Crippen LogP contribution in [0.5, 0.6) is 0 Å². The lowest BCUT2D eigenvalue weighted by Gasteiger charge is -2.20. The van der Waals surface area contributed by atoms with Crippen molar-refractivity contribution in [1.82, 2.24) is 0 Å². The van der Waals surface area contributed by atoms with Gasteiger partial charge in [-0.3, -0.25) is 0 Å². The van der Waals surface area contributed by atoms with Gasteiger partial charge in [0.25, 0.3) is 0 Å². The number of hydrogen-bond donors (Lipinski definition) is 0. The largest absolute Gasteiger partial charge is 0.302 e. The third kappa shape index (κ3) is 1.51. The molecule has 0 bridgehead atoms. The summed E-state index contributed by atoms with van der Waals surface area (Å²) in [7, 11) is 0. The van der Waals surface area contributed by atoms with Crippen LogP contribution < -0.4 is 0 Å². The van der Waals surface area contributed by atoms with E-state index >= 15 is 0 Å². The average molecular weight is 184 g/mol. The zero-order valence-corrected chi connectivity index (χ0v) is 7.47. The van der Waals surface area contributed by atoms with Gasteiger partial charge in [0.1, 0.15) is 6.29 Å². The Morgan fingerprint density at radius 2 is 2.58 bits per heavy atom. The van der Waals surface area contributed by atoms with Crippen LogP contribution in [0.1, 0.15) is 25.7 Å². The molecule has 0 saturated carbocycles. The molecule has 1 rings (SSSR count). The van der Waals surface area contributed by atoms with Crippen LogP contribution in [0.2, 0.25) is 0 Å². The summed E-state index contributed by atoms with van der Waals surface area (Å²) in [4.78, 5) is 10.8. The van der Waals surface area contributed by atoms with Crippen molar-refractivity contribution in [2.24, 2.45) is 5.41 Å². The Balaban J connectivity index is 2.71. The van der Waals surface area contributed by atoms with Gasteiger partial charge in [0, 0.05) is 11.5 Å². The van der Waals surface area contributed by atoms with E-state index in [1.54, 1.807) is 0 Å². The fraction of sp³-hybridized carbons (Fsp3) is 0.556. The van der Waals surface area contributed by atoms with Crippen molar-refractivity contribution in [3.63, 3.8) is 0 Å². The third-order valence-corrected chi connectivity index (χ3v) is 2.83. The number of allylic oxidation sites excluding steroid dienone is 2. The first-order valence-electron chi connectivity index (χ1n) is 3.94. The summed E-state index contributed by atoms with van der Waals surface area (Å²) in [6.45, 7) is 0. The molecule has 0 aromatic rings. The van der Waals surface area contributed by atoms with Crippen molar-refractivity contribution in [1.29, 1.82) is 5.26 Å². The lowest BCUT2D eigenvalue weighted by atomic mass is 9.84. The zero-order valence-electron chi connectivity index (χ0n) is 6.72. The van der Waals surface area contributed by atoms with Crippen LogP contribution in [0.25, 0.3) is 0 Å². The van der Waals surface area contributed by atoms with Gasteiger partial charge in [-0.25, -0.2) is 0 Å². The molecular weight excluding hydrogens is 174 g/mol. The first-order valence-corrected chi connectivity index (χ1v) is 4.32. The van der Waals surface area contributed by atoms with Gasteiger partial charge in [0.2, 0.25) is 0 Å². The van der Waals surface area contributed by atoms with Crippen LogP contribution in [0.4, 0.5) is 0 Å². The number of carbonyl (C=O) groups excluding carboxylic acids is 1. The molecule has 64 valence electrons. The van der Waals surface area contributed by atoms with Gasteiger partial charge in [-0.1, -0.05) is 17.7 Å². The fourth-order valence-electron chi connectivity index (χ4n) is 1.48. The molecule has 2 nitrogen and oxygen atoms in total. The molecule has 1 atom stereocenters. The number of aldehydes is 1. The predicted molar refractivity (Wildman–Crippen MR) is 46.5 cm³/mol. The lowest BCUT2D eigenvalue weighted by molar-refractivity contribution is -0.114. The Bertz CT molecular complexity index is 254.